The van der Waals surface area contributed by atoms with Crippen LogP contribution in [0.4, 0.5) is 24.5 Å². The van der Waals surface area contributed by atoms with Crippen LogP contribution in [0.15, 0.2) is 48.5 Å². The van der Waals surface area contributed by atoms with Crippen molar-refractivity contribution >= 4 is 29.1 Å². The first kappa shape index (κ1) is 19.0. The van der Waals surface area contributed by atoms with Crippen LogP contribution in [-0.4, -0.2) is 22.9 Å². The van der Waals surface area contributed by atoms with Crippen LogP contribution >= 0.6 is 0 Å². The number of nitrogens with one attached hydrogen (secondary N) is 3. The summed E-state index contributed by atoms with van der Waals surface area (Å²) in [6, 6.07) is 10.7. The van der Waals surface area contributed by atoms with Crippen molar-refractivity contribution in [3.05, 3.63) is 59.7 Å². The average molecular weight is 365 g/mol. The number of hydrogen-bond acceptors (Lipinski definition) is 5. The largest absolute Gasteiger partial charge is 0.481 e. The van der Waals surface area contributed by atoms with Crippen LogP contribution in [-0.2, 0) is 15.7 Å². The van der Waals surface area contributed by atoms with Crippen molar-refractivity contribution in [3.63, 3.8) is 0 Å². The number of rotatable bonds is 5. The average Bonchev–Trinajstić information content (AvgIpc) is 2.54. The zero-order valence-electron chi connectivity index (χ0n) is 13.2. The van der Waals surface area contributed by atoms with Crippen LogP contribution < -0.4 is 5.32 Å². The van der Waals surface area contributed by atoms with Crippen LogP contribution in [0, 0.1) is 10.8 Å². The molecule has 0 aromatic heterocycles. The molecule has 2 aromatic carbocycles. The summed E-state index contributed by atoms with van der Waals surface area (Å²) >= 11 is 0. The summed E-state index contributed by atoms with van der Waals surface area (Å²) in [5, 5.41) is 26.8. The van der Waals surface area contributed by atoms with E-state index in [1.807, 2.05) is 0 Å². The molecule has 0 aliphatic heterocycles. The Bertz CT molecular complexity index is 833. The van der Waals surface area contributed by atoms with Gasteiger partial charge in [-0.15, -0.1) is 0 Å². The molecule has 0 fully saturated rings. The van der Waals surface area contributed by atoms with Gasteiger partial charge >= 0.3 is 12.1 Å². The lowest BCUT2D eigenvalue weighted by Crippen LogP contribution is -2.16. The first-order valence-corrected chi connectivity index (χ1v) is 7.26. The van der Waals surface area contributed by atoms with Gasteiger partial charge in [0, 0.05) is 5.69 Å². The lowest BCUT2D eigenvalue weighted by atomic mass is 10.1. The van der Waals surface area contributed by atoms with Gasteiger partial charge in [0.15, 0.2) is 0 Å². The lowest BCUT2D eigenvalue weighted by molar-refractivity contribution is -0.138. The second-order valence-corrected chi connectivity index (χ2v) is 5.17. The van der Waals surface area contributed by atoms with Crippen LogP contribution in [0.25, 0.3) is 0 Å². The number of benzene rings is 2. The Morgan fingerprint density at radius 1 is 1.08 bits per heavy atom. The molecule has 6 nitrogen and oxygen atoms in total. The zero-order valence-corrected chi connectivity index (χ0v) is 13.2. The third-order valence-corrected chi connectivity index (χ3v) is 3.20. The van der Waals surface area contributed by atoms with Crippen molar-refractivity contribution in [2.24, 2.45) is 0 Å². The molecular formula is C17H14F3N3O3. The van der Waals surface area contributed by atoms with E-state index in [1.54, 1.807) is 18.2 Å². The smallest absolute Gasteiger partial charge is 0.416 e. The molecule has 26 heavy (non-hydrogen) atoms. The highest BCUT2D eigenvalue weighted by Gasteiger charge is 2.29. The summed E-state index contributed by atoms with van der Waals surface area (Å²) in [6.45, 7) is 0. The van der Waals surface area contributed by atoms with E-state index in [4.69, 9.17) is 20.7 Å². The topological polar surface area (TPSA) is 106 Å². The van der Waals surface area contributed by atoms with Gasteiger partial charge in [0.25, 0.3) is 0 Å². The molecule has 0 unspecified atom stereocenters. The Labute approximate surface area is 146 Å². The molecule has 0 heterocycles. The van der Waals surface area contributed by atoms with E-state index in [2.05, 4.69) is 5.32 Å². The maximum atomic E-state index is 12.6. The third kappa shape index (κ3) is 5.07. The maximum Gasteiger partial charge on any atom is 0.416 e. The standard InChI is InChI=1S/C17H14F3N3O3/c18-17(19,20)10-5-7-11(8-6-10)23-13-4-2-1-3-12(13)16(22)26-14(21)9-15(24)25/h1-8,21-23H,9H2,(H,24,25). The Morgan fingerprint density at radius 3 is 2.27 bits per heavy atom. The molecular weight excluding hydrogens is 351 g/mol. The van der Waals surface area contributed by atoms with Crippen LogP contribution in [0.3, 0.4) is 0 Å². The van der Waals surface area contributed by atoms with Crippen molar-refractivity contribution in [2.75, 3.05) is 5.32 Å². The van der Waals surface area contributed by atoms with E-state index in [9.17, 15) is 18.0 Å². The fraction of sp³-hybridized carbons (Fsp3) is 0.118. The summed E-state index contributed by atoms with van der Waals surface area (Å²) in [4.78, 5) is 10.6. The van der Waals surface area contributed by atoms with Gasteiger partial charge in [-0.1, -0.05) is 12.1 Å². The van der Waals surface area contributed by atoms with Gasteiger partial charge in [0.2, 0.25) is 11.8 Å². The second kappa shape index (κ2) is 7.68. The quantitative estimate of drug-likeness (QED) is 0.470. The van der Waals surface area contributed by atoms with E-state index in [-0.39, 0.29) is 5.56 Å². The fourth-order valence-corrected chi connectivity index (χ4v) is 2.04. The van der Waals surface area contributed by atoms with E-state index in [1.165, 1.54) is 18.2 Å². The van der Waals surface area contributed by atoms with Crippen LogP contribution in [0.2, 0.25) is 0 Å². The Kier molecular flexibility index (Phi) is 5.61. The van der Waals surface area contributed by atoms with Gasteiger partial charge in [0.1, 0.15) is 6.42 Å². The SMILES string of the molecule is N=C(CC(=O)O)OC(=N)c1ccccc1Nc1ccc(C(F)(F)F)cc1. The van der Waals surface area contributed by atoms with Gasteiger partial charge in [-0.25, -0.2) is 0 Å². The fourth-order valence-electron chi connectivity index (χ4n) is 2.04. The van der Waals surface area contributed by atoms with Crippen LogP contribution in [0.5, 0.6) is 0 Å². The number of carboxylic acid groups (broad SMARTS) is 1. The normalized spacial score (nSPS) is 10.9. The number of halogens is 3. The minimum absolute atomic E-state index is 0.225. The molecule has 2 aromatic rings. The minimum atomic E-state index is -4.43. The highest BCUT2D eigenvalue weighted by Crippen LogP contribution is 2.30. The molecule has 0 aliphatic rings. The first-order valence-electron chi connectivity index (χ1n) is 7.26. The minimum Gasteiger partial charge on any atom is -0.481 e. The number of anilines is 2. The van der Waals surface area contributed by atoms with Crippen molar-refractivity contribution < 1.29 is 27.8 Å². The van der Waals surface area contributed by atoms with E-state index >= 15 is 0 Å². The van der Waals surface area contributed by atoms with Gasteiger partial charge in [-0.05, 0) is 36.4 Å². The van der Waals surface area contributed by atoms with E-state index in [0.717, 1.165) is 12.1 Å². The Hall–Kier alpha value is -3.36. The first-order chi connectivity index (χ1) is 12.2. The summed E-state index contributed by atoms with van der Waals surface area (Å²) in [5.74, 6) is -2.32. The number of ether oxygens (including phenoxy) is 1. The predicted octanol–water partition coefficient (Wildman–Crippen LogP) is 4.24. The molecule has 136 valence electrons. The van der Waals surface area contributed by atoms with Gasteiger partial charge in [-0.3, -0.25) is 15.6 Å². The van der Waals surface area contributed by atoms with Gasteiger partial charge in [-0.2, -0.15) is 13.2 Å². The number of alkyl halides is 3. The molecule has 0 atom stereocenters. The molecule has 0 bridgehead atoms. The molecule has 0 radical (unpaired) electrons. The number of carbonyl (C=O) groups is 1. The van der Waals surface area contributed by atoms with Gasteiger partial charge < -0.3 is 15.2 Å². The monoisotopic (exact) mass is 365 g/mol. The van der Waals surface area contributed by atoms with Crippen molar-refractivity contribution in [2.45, 2.75) is 12.6 Å². The molecule has 0 saturated heterocycles. The zero-order chi connectivity index (χ0) is 19.3. The Balaban J connectivity index is 2.17. The van der Waals surface area contributed by atoms with Gasteiger partial charge in [0.05, 0.1) is 16.8 Å². The highest BCUT2D eigenvalue weighted by molar-refractivity contribution is 6.06. The Morgan fingerprint density at radius 2 is 1.69 bits per heavy atom. The number of para-hydroxylation sites is 1. The molecule has 0 amide bonds. The number of carboxylic acids is 1. The number of aliphatic carboxylic acids is 1. The lowest BCUT2D eigenvalue weighted by Gasteiger charge is -2.14. The maximum absolute atomic E-state index is 12.6. The highest BCUT2D eigenvalue weighted by atomic mass is 19.4. The van der Waals surface area contributed by atoms with E-state index in [0.29, 0.717) is 11.4 Å². The van der Waals surface area contributed by atoms with Crippen molar-refractivity contribution in [1.82, 2.24) is 0 Å². The van der Waals surface area contributed by atoms with E-state index < -0.39 is 35.9 Å². The summed E-state index contributed by atoms with van der Waals surface area (Å²) < 4.78 is 42.7. The molecule has 4 N–H and O–H groups in total. The molecule has 2 rings (SSSR count). The van der Waals surface area contributed by atoms with Crippen LogP contribution in [0.1, 0.15) is 17.5 Å². The molecule has 0 aliphatic carbocycles. The summed E-state index contributed by atoms with van der Waals surface area (Å²) in [6.07, 6.45) is -5.10. The molecule has 0 saturated carbocycles. The van der Waals surface area contributed by atoms with Crippen molar-refractivity contribution in [3.8, 4) is 0 Å². The van der Waals surface area contributed by atoms with Crippen molar-refractivity contribution in [1.29, 1.82) is 10.8 Å². The summed E-state index contributed by atoms with van der Waals surface area (Å²) in [5.41, 5.74) is 0.163. The summed E-state index contributed by atoms with van der Waals surface area (Å²) in [7, 11) is 0. The predicted molar refractivity (Wildman–Crippen MR) is 89.1 cm³/mol. The number of hydrogen-bond donors (Lipinski definition) is 4. The molecule has 0 spiro atoms. The third-order valence-electron chi connectivity index (χ3n) is 3.20. The second-order valence-electron chi connectivity index (χ2n) is 5.17. The molecule has 9 heteroatoms.